The van der Waals surface area contributed by atoms with Gasteiger partial charge in [-0.3, -0.25) is 4.79 Å². The number of rotatable bonds is 6. The number of anilines is 1. The van der Waals surface area contributed by atoms with E-state index >= 15 is 0 Å². The minimum Gasteiger partial charge on any atom is -0.355 e. The van der Waals surface area contributed by atoms with Gasteiger partial charge in [-0.1, -0.05) is 29.4 Å². The number of benzene rings is 1. The molecular weight excluding hydrogens is 459 g/mol. The average molecular weight is 485 g/mol. The Balaban J connectivity index is 1.54. The van der Waals surface area contributed by atoms with Crippen LogP contribution in [0, 0.1) is 25.6 Å². The Labute approximate surface area is 197 Å². The number of piperidine rings is 1. The van der Waals surface area contributed by atoms with Crippen LogP contribution in [0.25, 0.3) is 12.2 Å². The van der Waals surface area contributed by atoms with Gasteiger partial charge in [0.2, 0.25) is 15.9 Å². The van der Waals surface area contributed by atoms with Gasteiger partial charge >= 0.3 is 0 Å². The number of pyridine rings is 1. The molecule has 1 atom stereocenters. The number of aromatic nitrogens is 2. The Bertz CT molecular complexity index is 1340. The van der Waals surface area contributed by atoms with Crippen molar-refractivity contribution in [3.63, 3.8) is 0 Å². The molecule has 0 saturated carbocycles. The van der Waals surface area contributed by atoms with Crippen molar-refractivity contribution in [1.29, 1.82) is 0 Å². The van der Waals surface area contributed by atoms with Crippen molar-refractivity contribution in [1.82, 2.24) is 14.4 Å². The number of carbonyl (C=O) groups is 1. The molecule has 10 heteroatoms. The molecule has 4 rings (SSSR count). The molecule has 8 nitrogen and oxygen atoms in total. The number of nitrogens with one attached hydrogen (secondary N) is 1. The van der Waals surface area contributed by atoms with Crippen LogP contribution in [0.3, 0.4) is 0 Å². The highest BCUT2D eigenvalue weighted by molar-refractivity contribution is 7.89. The monoisotopic (exact) mass is 484 g/mol. The van der Waals surface area contributed by atoms with Crippen LogP contribution in [0.15, 0.2) is 51.9 Å². The van der Waals surface area contributed by atoms with Crippen LogP contribution < -0.4 is 5.32 Å². The predicted molar refractivity (Wildman–Crippen MR) is 126 cm³/mol. The number of hydrogen-bond acceptors (Lipinski definition) is 6. The summed E-state index contributed by atoms with van der Waals surface area (Å²) in [7, 11) is -4.00. The number of halogens is 1. The molecule has 34 heavy (non-hydrogen) atoms. The smallest absolute Gasteiger partial charge is 0.248 e. The normalized spacial score (nSPS) is 17.2. The molecular formula is C24H25FN4O4S. The summed E-state index contributed by atoms with van der Waals surface area (Å²) in [6.07, 6.45) is 3.92. The molecule has 1 saturated heterocycles. The first kappa shape index (κ1) is 23.8. The van der Waals surface area contributed by atoms with E-state index in [0.717, 1.165) is 5.69 Å². The minimum atomic E-state index is -4.00. The van der Waals surface area contributed by atoms with Crippen molar-refractivity contribution < 1.29 is 22.1 Å². The van der Waals surface area contributed by atoms with Gasteiger partial charge < -0.3 is 9.84 Å². The highest BCUT2D eigenvalue weighted by Gasteiger charge is 2.37. The van der Waals surface area contributed by atoms with Crippen LogP contribution >= 0.6 is 0 Å². The van der Waals surface area contributed by atoms with Crippen molar-refractivity contribution in [2.75, 3.05) is 18.4 Å². The molecule has 3 aromatic rings. The Morgan fingerprint density at radius 1 is 1.18 bits per heavy atom. The SMILES string of the molecule is Cc1cccc(NC(=O)C2CCCN(S(=O)(=O)c3c(C)noc3/C=C/c3ccccc3F)C2)n1. The molecule has 0 aliphatic carbocycles. The first-order valence-electron chi connectivity index (χ1n) is 10.9. The fourth-order valence-corrected chi connectivity index (χ4v) is 5.69. The predicted octanol–water partition coefficient (Wildman–Crippen LogP) is 4.04. The molecule has 178 valence electrons. The fourth-order valence-electron chi connectivity index (χ4n) is 3.92. The largest absolute Gasteiger partial charge is 0.355 e. The molecule has 0 spiro atoms. The van der Waals surface area contributed by atoms with Crippen molar-refractivity contribution >= 4 is 33.9 Å². The summed E-state index contributed by atoms with van der Waals surface area (Å²) in [4.78, 5) is 17.0. The van der Waals surface area contributed by atoms with Crippen molar-refractivity contribution in [3.05, 3.63) is 71.0 Å². The van der Waals surface area contributed by atoms with Gasteiger partial charge in [0.05, 0.1) is 5.92 Å². The number of nitrogens with zero attached hydrogens (tertiary/aromatic N) is 3. The number of carbonyl (C=O) groups excluding carboxylic acids is 1. The third-order valence-electron chi connectivity index (χ3n) is 5.65. The third kappa shape index (κ3) is 5.07. The topological polar surface area (TPSA) is 105 Å². The third-order valence-corrected chi connectivity index (χ3v) is 7.67. The van der Waals surface area contributed by atoms with Crippen LogP contribution in [-0.4, -0.2) is 41.9 Å². The molecule has 1 aliphatic rings. The van der Waals surface area contributed by atoms with E-state index in [-0.39, 0.29) is 35.3 Å². The highest BCUT2D eigenvalue weighted by atomic mass is 32.2. The lowest BCUT2D eigenvalue weighted by molar-refractivity contribution is -0.120. The maximum Gasteiger partial charge on any atom is 0.248 e. The van der Waals surface area contributed by atoms with Gasteiger partial charge in [-0.05, 0) is 57.0 Å². The van der Waals surface area contributed by atoms with Crippen LogP contribution in [0.1, 0.15) is 35.6 Å². The second-order valence-electron chi connectivity index (χ2n) is 8.17. The van der Waals surface area contributed by atoms with E-state index < -0.39 is 21.8 Å². The second kappa shape index (κ2) is 9.86. The Morgan fingerprint density at radius 2 is 1.97 bits per heavy atom. The van der Waals surface area contributed by atoms with Gasteiger partial charge in [-0.25, -0.2) is 17.8 Å². The van der Waals surface area contributed by atoms with Gasteiger partial charge in [0.1, 0.15) is 17.3 Å². The van der Waals surface area contributed by atoms with Gasteiger partial charge in [-0.2, -0.15) is 4.31 Å². The van der Waals surface area contributed by atoms with E-state index in [9.17, 15) is 17.6 Å². The lowest BCUT2D eigenvalue weighted by Crippen LogP contribution is -2.44. The van der Waals surface area contributed by atoms with Crippen LogP contribution in [0.5, 0.6) is 0 Å². The zero-order valence-electron chi connectivity index (χ0n) is 18.9. The van der Waals surface area contributed by atoms with Gasteiger partial charge in [0.25, 0.3) is 0 Å². The first-order chi connectivity index (χ1) is 16.3. The highest BCUT2D eigenvalue weighted by Crippen LogP contribution is 2.29. The first-order valence-corrected chi connectivity index (χ1v) is 12.3. The molecule has 1 amide bonds. The van der Waals surface area contributed by atoms with E-state index in [4.69, 9.17) is 4.52 Å². The maximum atomic E-state index is 14.0. The number of amides is 1. The van der Waals surface area contributed by atoms with Gasteiger partial charge in [0.15, 0.2) is 10.7 Å². The van der Waals surface area contributed by atoms with Crippen molar-refractivity contribution in [2.24, 2.45) is 5.92 Å². The van der Waals surface area contributed by atoms with E-state index in [1.807, 2.05) is 13.0 Å². The molecule has 1 fully saturated rings. The zero-order valence-corrected chi connectivity index (χ0v) is 19.7. The standard InChI is InChI=1S/C24H25FN4O4S/c1-16-7-5-11-22(26-16)27-24(30)19-9-6-14-29(15-19)34(31,32)23-17(2)28-33-21(23)13-12-18-8-3-4-10-20(18)25/h3-5,7-8,10-13,19H,6,9,14-15H2,1-2H3,(H,26,27,30)/b13-12+. The summed E-state index contributed by atoms with van der Waals surface area (Å²) in [5, 5.41) is 6.59. The Kier molecular flexibility index (Phi) is 6.90. The lowest BCUT2D eigenvalue weighted by Gasteiger charge is -2.31. The molecule has 0 radical (unpaired) electrons. The quantitative estimate of drug-likeness (QED) is 0.566. The van der Waals surface area contributed by atoms with E-state index in [2.05, 4.69) is 15.5 Å². The average Bonchev–Trinajstić information content (AvgIpc) is 3.19. The maximum absolute atomic E-state index is 14.0. The minimum absolute atomic E-state index is 0.0105. The summed E-state index contributed by atoms with van der Waals surface area (Å²) in [6, 6.07) is 11.4. The van der Waals surface area contributed by atoms with Crippen LogP contribution in [-0.2, 0) is 14.8 Å². The summed E-state index contributed by atoms with van der Waals surface area (Å²) >= 11 is 0. The summed E-state index contributed by atoms with van der Waals surface area (Å²) in [5.41, 5.74) is 1.26. The van der Waals surface area contributed by atoms with Crippen molar-refractivity contribution in [2.45, 2.75) is 31.6 Å². The van der Waals surface area contributed by atoms with E-state index in [1.165, 1.54) is 29.4 Å². The Hall–Kier alpha value is -3.37. The van der Waals surface area contributed by atoms with E-state index in [1.54, 1.807) is 30.3 Å². The summed E-state index contributed by atoms with van der Waals surface area (Å²) < 4.78 is 47.5. The molecule has 2 aromatic heterocycles. The molecule has 0 bridgehead atoms. The molecule has 1 N–H and O–H groups in total. The number of hydrogen-bond donors (Lipinski definition) is 1. The lowest BCUT2D eigenvalue weighted by atomic mass is 9.99. The molecule has 1 aliphatic heterocycles. The van der Waals surface area contributed by atoms with Gasteiger partial charge in [-0.15, -0.1) is 0 Å². The molecule has 1 aromatic carbocycles. The van der Waals surface area contributed by atoms with Crippen LogP contribution in [0.2, 0.25) is 0 Å². The zero-order chi connectivity index (χ0) is 24.3. The number of aryl methyl sites for hydroxylation is 2. The number of sulfonamides is 1. The second-order valence-corrected chi connectivity index (χ2v) is 10.0. The fraction of sp³-hybridized carbons (Fsp3) is 0.292. The van der Waals surface area contributed by atoms with E-state index in [0.29, 0.717) is 24.2 Å². The molecule has 1 unspecified atom stereocenters. The summed E-state index contributed by atoms with van der Waals surface area (Å²) in [6.45, 7) is 3.66. The Morgan fingerprint density at radius 3 is 2.74 bits per heavy atom. The van der Waals surface area contributed by atoms with Gasteiger partial charge in [0, 0.05) is 24.3 Å². The molecule has 3 heterocycles. The van der Waals surface area contributed by atoms with Crippen LogP contribution in [0.4, 0.5) is 10.2 Å². The summed E-state index contributed by atoms with van der Waals surface area (Å²) in [5.74, 6) is -0.799. The van der Waals surface area contributed by atoms with Crippen molar-refractivity contribution in [3.8, 4) is 0 Å².